The van der Waals surface area contributed by atoms with Crippen LogP contribution in [-0.4, -0.2) is 22.5 Å². The summed E-state index contributed by atoms with van der Waals surface area (Å²) in [7, 11) is 0. The van der Waals surface area contributed by atoms with Crippen LogP contribution in [0.5, 0.6) is 0 Å². The first kappa shape index (κ1) is 21.6. The second-order valence-electron chi connectivity index (χ2n) is 8.95. The van der Waals surface area contributed by atoms with Crippen molar-refractivity contribution >= 4 is 16.7 Å². The second kappa shape index (κ2) is 8.50. The van der Waals surface area contributed by atoms with Gasteiger partial charge in [0.2, 0.25) is 0 Å². The Morgan fingerprint density at radius 3 is 2.39 bits per heavy atom. The van der Waals surface area contributed by atoms with E-state index in [1.54, 1.807) is 12.1 Å². The van der Waals surface area contributed by atoms with Gasteiger partial charge in [-0.25, -0.2) is 13.2 Å². The number of halogens is 3. The van der Waals surface area contributed by atoms with Crippen LogP contribution in [-0.2, 0) is 4.79 Å². The number of fused-ring (bicyclic) bond motifs is 1. The lowest BCUT2D eigenvalue weighted by Gasteiger charge is -2.36. The van der Waals surface area contributed by atoms with E-state index in [0.29, 0.717) is 35.9 Å². The van der Waals surface area contributed by atoms with Crippen LogP contribution in [0.4, 0.5) is 13.2 Å². The predicted molar refractivity (Wildman–Crippen MR) is 114 cm³/mol. The van der Waals surface area contributed by atoms with Gasteiger partial charge in [-0.1, -0.05) is 13.8 Å². The summed E-state index contributed by atoms with van der Waals surface area (Å²) in [5.74, 6) is -1.59. The molecular weight excluding hydrogens is 403 g/mol. The average molecular weight is 429 g/mol. The van der Waals surface area contributed by atoms with Gasteiger partial charge < -0.3 is 10.1 Å². The Morgan fingerprint density at radius 2 is 1.77 bits per heavy atom. The van der Waals surface area contributed by atoms with Crippen molar-refractivity contribution in [3.05, 3.63) is 59.4 Å². The smallest absolute Gasteiger partial charge is 0.150 e. The lowest BCUT2D eigenvalue weighted by Crippen LogP contribution is -2.32. The van der Waals surface area contributed by atoms with Crippen LogP contribution in [0.2, 0.25) is 0 Å². The number of hydrogen-bond donors (Lipinski definition) is 2. The Labute approximate surface area is 179 Å². The maximum Gasteiger partial charge on any atom is 0.150 e. The van der Waals surface area contributed by atoms with Crippen LogP contribution in [0.25, 0.3) is 22.2 Å². The largest absolute Gasteiger partial charge is 0.396 e. The number of aromatic nitrogens is 1. The predicted octanol–water partition coefficient (Wildman–Crippen LogP) is 5.97. The molecule has 0 spiro atoms. The molecule has 0 amide bonds. The van der Waals surface area contributed by atoms with Gasteiger partial charge in [-0.15, -0.1) is 0 Å². The van der Waals surface area contributed by atoms with E-state index >= 15 is 0 Å². The molecule has 2 aromatic carbocycles. The topological polar surface area (TPSA) is 53.1 Å². The highest BCUT2D eigenvalue weighted by Gasteiger charge is 2.39. The number of aromatic amines is 1. The molecule has 0 unspecified atom stereocenters. The summed E-state index contributed by atoms with van der Waals surface area (Å²) >= 11 is 0. The van der Waals surface area contributed by atoms with Crippen molar-refractivity contribution in [1.29, 1.82) is 0 Å². The monoisotopic (exact) mass is 429 g/mol. The molecule has 31 heavy (non-hydrogen) atoms. The first-order valence-electron chi connectivity index (χ1n) is 10.7. The summed E-state index contributed by atoms with van der Waals surface area (Å²) in [5.41, 5.74) is 2.30. The van der Waals surface area contributed by atoms with E-state index in [9.17, 15) is 23.1 Å². The van der Waals surface area contributed by atoms with Gasteiger partial charge in [-0.2, -0.15) is 0 Å². The van der Waals surface area contributed by atoms with Gasteiger partial charge in [0.1, 0.15) is 23.2 Å². The number of ketones is 1. The number of hydrogen-bond acceptors (Lipinski definition) is 2. The number of carbonyl (C=O) groups excluding carboxylic acids is 1. The van der Waals surface area contributed by atoms with E-state index in [-0.39, 0.29) is 47.4 Å². The van der Waals surface area contributed by atoms with Crippen LogP contribution in [0.15, 0.2) is 36.4 Å². The third kappa shape index (κ3) is 4.13. The third-order valence-corrected chi connectivity index (χ3v) is 6.64. The minimum Gasteiger partial charge on any atom is -0.396 e. The minimum absolute atomic E-state index is 0.0186. The first-order chi connectivity index (χ1) is 14.8. The quantitative estimate of drug-likeness (QED) is 0.486. The number of carbonyl (C=O) groups is 1. The van der Waals surface area contributed by atoms with Crippen molar-refractivity contribution < 1.29 is 23.1 Å². The molecule has 1 aliphatic carbocycles. The van der Waals surface area contributed by atoms with Gasteiger partial charge in [0, 0.05) is 30.4 Å². The number of nitrogens with one attached hydrogen (secondary N) is 1. The molecule has 3 aromatic rings. The molecule has 4 rings (SSSR count). The van der Waals surface area contributed by atoms with Crippen LogP contribution in [0, 0.1) is 35.2 Å². The first-order valence-corrected chi connectivity index (χ1v) is 10.7. The zero-order valence-electron chi connectivity index (χ0n) is 17.6. The fourth-order valence-electron chi connectivity index (χ4n) is 4.56. The normalized spacial score (nSPS) is 19.6. The molecule has 1 fully saturated rings. The SMILES string of the molecule is CC(C)[C@@H](CO)CC(=O)C1CC(c2c(-c3ccc(F)cc3)[nH]c3c(F)cc(F)cc23)C1. The third-order valence-electron chi connectivity index (χ3n) is 6.64. The molecule has 2 N–H and O–H groups in total. The molecule has 1 atom stereocenters. The highest BCUT2D eigenvalue weighted by molar-refractivity contribution is 5.92. The van der Waals surface area contributed by atoms with Crippen molar-refractivity contribution in [3.63, 3.8) is 0 Å². The van der Waals surface area contributed by atoms with Crippen molar-refractivity contribution in [2.24, 2.45) is 17.8 Å². The van der Waals surface area contributed by atoms with Crippen molar-refractivity contribution in [3.8, 4) is 11.3 Å². The van der Waals surface area contributed by atoms with Gasteiger partial charge in [0.25, 0.3) is 0 Å². The van der Waals surface area contributed by atoms with Gasteiger partial charge in [0.05, 0.1) is 11.2 Å². The number of benzene rings is 2. The Hall–Kier alpha value is -2.60. The van der Waals surface area contributed by atoms with Crippen LogP contribution >= 0.6 is 0 Å². The number of aliphatic hydroxyl groups is 1. The Morgan fingerprint density at radius 1 is 1.10 bits per heavy atom. The molecule has 0 aliphatic heterocycles. The van der Waals surface area contributed by atoms with Crippen molar-refractivity contribution in [2.45, 2.75) is 39.0 Å². The zero-order chi connectivity index (χ0) is 22.3. The van der Waals surface area contributed by atoms with Gasteiger partial charge in [-0.05, 0) is 72.1 Å². The molecule has 1 aromatic heterocycles. The van der Waals surface area contributed by atoms with E-state index in [0.717, 1.165) is 11.6 Å². The van der Waals surface area contributed by atoms with E-state index in [4.69, 9.17) is 0 Å². The minimum atomic E-state index is -0.681. The molecule has 1 aliphatic rings. The summed E-state index contributed by atoms with van der Waals surface area (Å²) < 4.78 is 41.9. The average Bonchev–Trinajstić information content (AvgIpc) is 3.05. The summed E-state index contributed by atoms with van der Waals surface area (Å²) in [4.78, 5) is 15.8. The summed E-state index contributed by atoms with van der Waals surface area (Å²) in [5, 5.41) is 9.98. The molecule has 0 bridgehead atoms. The number of aliphatic hydroxyl groups excluding tert-OH is 1. The highest BCUT2D eigenvalue weighted by Crippen LogP contribution is 2.49. The Balaban J connectivity index is 1.65. The number of Topliss-reactive ketones (excluding diaryl/α,β-unsaturated/α-hetero) is 1. The highest BCUT2D eigenvalue weighted by atomic mass is 19.1. The van der Waals surface area contributed by atoms with Crippen molar-refractivity contribution in [1.82, 2.24) is 4.98 Å². The van der Waals surface area contributed by atoms with E-state index in [1.165, 1.54) is 18.2 Å². The van der Waals surface area contributed by atoms with Gasteiger partial charge in [0.15, 0.2) is 0 Å². The van der Waals surface area contributed by atoms with Gasteiger partial charge in [-0.3, -0.25) is 4.79 Å². The Kier molecular flexibility index (Phi) is 5.93. The number of H-pyrrole nitrogens is 1. The van der Waals surface area contributed by atoms with Crippen molar-refractivity contribution in [2.75, 3.05) is 6.61 Å². The van der Waals surface area contributed by atoms with E-state index < -0.39 is 11.6 Å². The Bertz CT molecular complexity index is 1100. The molecule has 3 nitrogen and oxygen atoms in total. The molecule has 0 saturated heterocycles. The molecule has 6 heteroatoms. The molecular formula is C25H26F3NO2. The number of rotatable bonds is 7. The molecule has 1 saturated carbocycles. The summed E-state index contributed by atoms with van der Waals surface area (Å²) in [6.45, 7) is 3.96. The second-order valence-corrected chi connectivity index (χ2v) is 8.95. The maximum atomic E-state index is 14.5. The van der Waals surface area contributed by atoms with Crippen LogP contribution < -0.4 is 0 Å². The standard InChI is InChI=1S/C25H26F3NO2/c1-13(2)17(12-30)9-22(31)15-7-16(8-15)23-20-10-19(27)11-21(28)25(20)29-24(23)14-3-5-18(26)6-4-14/h3-6,10-11,13,15-17,29-30H,7-9,12H2,1-2H3/t15?,16?,17-/m1/s1. The summed E-state index contributed by atoms with van der Waals surface area (Å²) in [6.07, 6.45) is 1.52. The van der Waals surface area contributed by atoms with E-state index in [1.807, 2.05) is 13.8 Å². The zero-order valence-corrected chi connectivity index (χ0v) is 17.6. The lowest BCUT2D eigenvalue weighted by molar-refractivity contribution is -0.127. The molecule has 1 heterocycles. The molecule has 0 radical (unpaired) electrons. The van der Waals surface area contributed by atoms with Gasteiger partial charge >= 0.3 is 0 Å². The summed E-state index contributed by atoms with van der Waals surface area (Å²) in [6, 6.07) is 8.02. The fraction of sp³-hybridized carbons (Fsp3) is 0.400. The fourth-order valence-corrected chi connectivity index (χ4v) is 4.56. The lowest BCUT2D eigenvalue weighted by atomic mass is 9.67. The molecule has 164 valence electrons. The van der Waals surface area contributed by atoms with Crippen LogP contribution in [0.3, 0.4) is 0 Å². The van der Waals surface area contributed by atoms with E-state index in [2.05, 4.69) is 4.98 Å². The van der Waals surface area contributed by atoms with Crippen LogP contribution in [0.1, 0.15) is 44.6 Å². The maximum absolute atomic E-state index is 14.5.